The summed E-state index contributed by atoms with van der Waals surface area (Å²) in [6, 6.07) is 10.6. The summed E-state index contributed by atoms with van der Waals surface area (Å²) in [5.41, 5.74) is 1.34. The Hall–Kier alpha value is -1.51. The molecule has 0 bridgehead atoms. The average molecular weight is 246 g/mol. The molecule has 1 aromatic carbocycles. The molecule has 1 N–H and O–H groups in total. The molecular weight excluding hydrogens is 224 g/mol. The second-order valence-corrected chi connectivity index (χ2v) is 5.13. The topological polar surface area (TPSA) is 32.3 Å². The van der Waals surface area contributed by atoms with Gasteiger partial charge >= 0.3 is 6.03 Å². The van der Waals surface area contributed by atoms with Crippen LogP contribution in [-0.4, -0.2) is 30.6 Å². The van der Waals surface area contributed by atoms with E-state index in [1.54, 1.807) is 0 Å². The minimum absolute atomic E-state index is 0.0853. The van der Waals surface area contributed by atoms with Gasteiger partial charge in [0.25, 0.3) is 0 Å². The zero-order valence-electron chi connectivity index (χ0n) is 11.2. The Morgan fingerprint density at radius 3 is 2.72 bits per heavy atom. The number of nitrogens with one attached hydrogen (secondary N) is 1. The number of hydrogen-bond acceptors (Lipinski definition) is 1. The SMILES string of the molecule is CCCNC(=O)N1CC(C)C(c2ccccc2)C1. The van der Waals surface area contributed by atoms with Gasteiger partial charge in [-0.25, -0.2) is 4.79 Å². The van der Waals surface area contributed by atoms with Gasteiger partial charge in [0, 0.05) is 25.6 Å². The monoisotopic (exact) mass is 246 g/mol. The predicted octanol–water partition coefficient (Wildman–Crippen LogP) is 2.84. The molecule has 3 nitrogen and oxygen atoms in total. The Bertz CT molecular complexity index is 391. The van der Waals surface area contributed by atoms with Gasteiger partial charge in [0.1, 0.15) is 0 Å². The fraction of sp³-hybridized carbons (Fsp3) is 0.533. The van der Waals surface area contributed by atoms with E-state index in [2.05, 4.69) is 43.4 Å². The zero-order valence-corrected chi connectivity index (χ0v) is 11.2. The number of hydrogen-bond donors (Lipinski definition) is 1. The van der Waals surface area contributed by atoms with Crippen molar-refractivity contribution in [3.8, 4) is 0 Å². The smallest absolute Gasteiger partial charge is 0.317 e. The van der Waals surface area contributed by atoms with E-state index in [1.807, 2.05) is 11.0 Å². The van der Waals surface area contributed by atoms with Crippen molar-refractivity contribution in [2.45, 2.75) is 26.2 Å². The summed E-state index contributed by atoms with van der Waals surface area (Å²) in [6.07, 6.45) is 0.983. The molecule has 1 aromatic rings. The quantitative estimate of drug-likeness (QED) is 0.874. The van der Waals surface area contributed by atoms with Gasteiger partial charge in [0.2, 0.25) is 0 Å². The molecule has 18 heavy (non-hydrogen) atoms. The van der Waals surface area contributed by atoms with E-state index in [9.17, 15) is 4.79 Å². The van der Waals surface area contributed by atoms with Gasteiger partial charge in [0.15, 0.2) is 0 Å². The van der Waals surface area contributed by atoms with Gasteiger partial charge < -0.3 is 10.2 Å². The van der Waals surface area contributed by atoms with Gasteiger partial charge in [-0.15, -0.1) is 0 Å². The van der Waals surface area contributed by atoms with Crippen LogP contribution in [0.4, 0.5) is 4.79 Å². The first-order valence-electron chi connectivity index (χ1n) is 6.80. The van der Waals surface area contributed by atoms with E-state index in [0.29, 0.717) is 11.8 Å². The van der Waals surface area contributed by atoms with Crippen LogP contribution in [0.5, 0.6) is 0 Å². The Kier molecular flexibility index (Phi) is 4.24. The predicted molar refractivity (Wildman–Crippen MR) is 73.6 cm³/mol. The fourth-order valence-electron chi connectivity index (χ4n) is 2.61. The molecule has 1 saturated heterocycles. The van der Waals surface area contributed by atoms with Crippen LogP contribution < -0.4 is 5.32 Å². The maximum atomic E-state index is 11.9. The van der Waals surface area contributed by atoms with Crippen molar-refractivity contribution in [1.82, 2.24) is 10.2 Å². The van der Waals surface area contributed by atoms with E-state index in [-0.39, 0.29) is 6.03 Å². The number of amides is 2. The van der Waals surface area contributed by atoms with Crippen LogP contribution in [-0.2, 0) is 0 Å². The standard InChI is InChI=1S/C15H22N2O/c1-3-9-16-15(18)17-10-12(2)14(11-17)13-7-5-4-6-8-13/h4-8,12,14H,3,9-11H2,1-2H3,(H,16,18). The molecule has 2 unspecified atom stereocenters. The van der Waals surface area contributed by atoms with Gasteiger partial charge in [-0.2, -0.15) is 0 Å². The van der Waals surface area contributed by atoms with Crippen molar-refractivity contribution in [1.29, 1.82) is 0 Å². The van der Waals surface area contributed by atoms with Crippen molar-refractivity contribution in [2.24, 2.45) is 5.92 Å². The molecule has 1 aliphatic heterocycles. The summed E-state index contributed by atoms with van der Waals surface area (Å²) >= 11 is 0. The molecule has 98 valence electrons. The molecular formula is C15H22N2O. The van der Waals surface area contributed by atoms with E-state index < -0.39 is 0 Å². The highest BCUT2D eigenvalue weighted by Crippen LogP contribution is 2.31. The molecule has 0 saturated carbocycles. The van der Waals surface area contributed by atoms with E-state index in [0.717, 1.165) is 26.1 Å². The maximum Gasteiger partial charge on any atom is 0.317 e. The lowest BCUT2D eigenvalue weighted by atomic mass is 9.90. The van der Waals surface area contributed by atoms with Gasteiger partial charge in [-0.3, -0.25) is 0 Å². The molecule has 3 heteroatoms. The fourth-order valence-corrected chi connectivity index (χ4v) is 2.61. The lowest BCUT2D eigenvalue weighted by Crippen LogP contribution is -2.38. The first-order valence-corrected chi connectivity index (χ1v) is 6.80. The summed E-state index contributed by atoms with van der Waals surface area (Å²) in [5.74, 6) is 0.998. The van der Waals surface area contributed by atoms with Crippen molar-refractivity contribution < 1.29 is 4.79 Å². The largest absolute Gasteiger partial charge is 0.338 e. The third-order valence-corrected chi connectivity index (χ3v) is 3.65. The molecule has 1 heterocycles. The molecule has 2 rings (SSSR count). The van der Waals surface area contributed by atoms with Gasteiger partial charge in [0.05, 0.1) is 0 Å². The van der Waals surface area contributed by atoms with Gasteiger partial charge in [-0.1, -0.05) is 44.2 Å². The van der Waals surface area contributed by atoms with Crippen LogP contribution in [0.2, 0.25) is 0 Å². The molecule has 2 amide bonds. The summed E-state index contributed by atoms with van der Waals surface area (Å²) in [4.78, 5) is 13.9. The lowest BCUT2D eigenvalue weighted by Gasteiger charge is -2.17. The number of rotatable bonds is 3. The van der Waals surface area contributed by atoms with Crippen molar-refractivity contribution in [3.05, 3.63) is 35.9 Å². The lowest BCUT2D eigenvalue weighted by molar-refractivity contribution is 0.207. The second-order valence-electron chi connectivity index (χ2n) is 5.13. The van der Waals surface area contributed by atoms with Crippen LogP contribution in [0.3, 0.4) is 0 Å². The zero-order chi connectivity index (χ0) is 13.0. The summed E-state index contributed by atoms with van der Waals surface area (Å²) in [6.45, 7) is 6.75. The van der Waals surface area contributed by atoms with E-state index >= 15 is 0 Å². The second kappa shape index (κ2) is 5.89. The van der Waals surface area contributed by atoms with Crippen molar-refractivity contribution in [3.63, 3.8) is 0 Å². The number of benzene rings is 1. The third-order valence-electron chi connectivity index (χ3n) is 3.65. The molecule has 0 aliphatic carbocycles. The highest BCUT2D eigenvalue weighted by Gasteiger charge is 2.32. The van der Waals surface area contributed by atoms with Crippen LogP contribution in [0.15, 0.2) is 30.3 Å². The number of carbonyl (C=O) groups excluding carboxylic acids is 1. The average Bonchev–Trinajstić information content (AvgIpc) is 2.79. The van der Waals surface area contributed by atoms with Gasteiger partial charge in [-0.05, 0) is 17.9 Å². The van der Waals surface area contributed by atoms with Crippen molar-refractivity contribution in [2.75, 3.05) is 19.6 Å². The van der Waals surface area contributed by atoms with E-state index in [1.165, 1.54) is 5.56 Å². The Morgan fingerprint density at radius 1 is 1.33 bits per heavy atom. The molecule has 0 spiro atoms. The van der Waals surface area contributed by atoms with E-state index in [4.69, 9.17) is 0 Å². The number of likely N-dealkylation sites (tertiary alicyclic amines) is 1. The van der Waals surface area contributed by atoms with Crippen LogP contribution in [0, 0.1) is 5.92 Å². The molecule has 1 aliphatic rings. The third kappa shape index (κ3) is 2.84. The molecule has 2 atom stereocenters. The highest BCUT2D eigenvalue weighted by atomic mass is 16.2. The number of urea groups is 1. The Morgan fingerprint density at radius 2 is 2.06 bits per heavy atom. The Balaban J connectivity index is 1.99. The normalized spacial score (nSPS) is 23.1. The first-order chi connectivity index (χ1) is 8.72. The first kappa shape index (κ1) is 12.9. The maximum absolute atomic E-state index is 11.9. The summed E-state index contributed by atoms with van der Waals surface area (Å²) < 4.78 is 0. The summed E-state index contributed by atoms with van der Waals surface area (Å²) in [7, 11) is 0. The van der Waals surface area contributed by atoms with Crippen molar-refractivity contribution >= 4 is 6.03 Å². The molecule has 0 radical (unpaired) electrons. The minimum atomic E-state index is 0.0853. The number of carbonyl (C=O) groups is 1. The molecule has 1 fully saturated rings. The highest BCUT2D eigenvalue weighted by molar-refractivity contribution is 5.74. The number of nitrogens with zero attached hydrogens (tertiary/aromatic N) is 1. The van der Waals surface area contributed by atoms with Crippen LogP contribution in [0.25, 0.3) is 0 Å². The van der Waals surface area contributed by atoms with Crippen LogP contribution in [0.1, 0.15) is 31.7 Å². The molecule has 0 aromatic heterocycles. The summed E-state index contributed by atoms with van der Waals surface area (Å²) in [5, 5.41) is 2.95. The minimum Gasteiger partial charge on any atom is -0.338 e. The Labute approximate surface area is 109 Å². The van der Waals surface area contributed by atoms with Crippen LogP contribution >= 0.6 is 0 Å².